The quantitative estimate of drug-likeness (QED) is 0.116. The van der Waals surface area contributed by atoms with Crippen LogP contribution in [0.5, 0.6) is 5.75 Å². The summed E-state index contributed by atoms with van der Waals surface area (Å²) >= 11 is 0. The fourth-order valence-corrected chi connectivity index (χ4v) is 4.56. The number of benzene rings is 1. The number of phenols is 1. The molecule has 0 saturated heterocycles. The summed E-state index contributed by atoms with van der Waals surface area (Å²) in [7, 11) is 0. The Morgan fingerprint density at radius 2 is 1.03 bits per heavy atom. The van der Waals surface area contributed by atoms with Crippen LogP contribution < -0.4 is 0 Å². The SMILES string of the molecule is CCCCCCCCN(CCCCCCCC)CCCCCCCCOC(=O)c1ccc(O)cc1. The lowest BCUT2D eigenvalue weighted by Crippen LogP contribution is -2.27. The number of phenolic OH excluding ortho intramolecular Hbond substituents is 1. The first kappa shape index (κ1) is 31.5. The Hall–Kier alpha value is -1.55. The normalized spacial score (nSPS) is 11.3. The molecule has 1 N–H and O–H groups in total. The van der Waals surface area contributed by atoms with E-state index in [2.05, 4.69) is 18.7 Å². The number of hydrogen-bond acceptors (Lipinski definition) is 4. The second-order valence-corrected chi connectivity index (χ2v) is 10.2. The number of ether oxygens (including phenoxy) is 1. The number of carbonyl (C=O) groups is 1. The highest BCUT2D eigenvalue weighted by Crippen LogP contribution is 2.13. The smallest absolute Gasteiger partial charge is 0.338 e. The molecule has 0 aliphatic carbocycles. The van der Waals surface area contributed by atoms with Gasteiger partial charge in [-0.05, 0) is 69.6 Å². The topological polar surface area (TPSA) is 49.8 Å². The molecule has 0 bridgehead atoms. The summed E-state index contributed by atoms with van der Waals surface area (Å²) in [6.45, 7) is 8.88. The number of aromatic hydroxyl groups is 1. The van der Waals surface area contributed by atoms with E-state index in [4.69, 9.17) is 4.74 Å². The van der Waals surface area contributed by atoms with Gasteiger partial charge in [-0.1, -0.05) is 104 Å². The van der Waals surface area contributed by atoms with Gasteiger partial charge < -0.3 is 14.7 Å². The molecule has 0 aliphatic heterocycles. The van der Waals surface area contributed by atoms with Gasteiger partial charge in [-0.25, -0.2) is 4.79 Å². The van der Waals surface area contributed by atoms with Crippen molar-refractivity contribution in [3.8, 4) is 5.75 Å². The zero-order chi connectivity index (χ0) is 25.4. The molecular weight excluding hydrogens is 434 g/mol. The molecule has 1 rings (SSSR count). The largest absolute Gasteiger partial charge is 0.508 e. The van der Waals surface area contributed by atoms with Crippen molar-refractivity contribution < 1.29 is 14.6 Å². The van der Waals surface area contributed by atoms with Crippen LogP contribution in [0.2, 0.25) is 0 Å². The maximum Gasteiger partial charge on any atom is 0.338 e. The van der Waals surface area contributed by atoms with E-state index < -0.39 is 0 Å². The second kappa shape index (κ2) is 22.9. The predicted molar refractivity (Wildman–Crippen MR) is 149 cm³/mol. The van der Waals surface area contributed by atoms with Crippen LogP contribution in [0.15, 0.2) is 24.3 Å². The lowest BCUT2D eigenvalue weighted by atomic mass is 10.1. The van der Waals surface area contributed by atoms with Crippen molar-refractivity contribution >= 4 is 5.97 Å². The molecule has 0 heterocycles. The molecule has 1 aromatic rings. The summed E-state index contributed by atoms with van der Waals surface area (Å²) < 4.78 is 5.34. The van der Waals surface area contributed by atoms with E-state index >= 15 is 0 Å². The third-order valence-electron chi connectivity index (χ3n) is 6.86. The molecule has 0 aliphatic rings. The van der Waals surface area contributed by atoms with Crippen LogP contribution in [-0.2, 0) is 4.74 Å². The summed E-state index contributed by atoms with van der Waals surface area (Å²) in [5.74, 6) is -0.143. The molecule has 0 unspecified atom stereocenters. The molecule has 0 aromatic heterocycles. The van der Waals surface area contributed by atoms with Gasteiger partial charge in [-0.3, -0.25) is 0 Å². The van der Waals surface area contributed by atoms with E-state index in [1.54, 1.807) is 12.1 Å². The Labute approximate surface area is 216 Å². The molecule has 0 fully saturated rings. The molecule has 0 saturated carbocycles. The molecule has 0 atom stereocenters. The van der Waals surface area contributed by atoms with Crippen LogP contribution in [0.25, 0.3) is 0 Å². The monoisotopic (exact) mass is 489 g/mol. The van der Waals surface area contributed by atoms with Crippen LogP contribution in [0, 0.1) is 0 Å². The van der Waals surface area contributed by atoms with Crippen molar-refractivity contribution in [3.63, 3.8) is 0 Å². The Morgan fingerprint density at radius 3 is 1.49 bits per heavy atom. The lowest BCUT2D eigenvalue weighted by molar-refractivity contribution is 0.0497. The highest BCUT2D eigenvalue weighted by atomic mass is 16.5. The summed E-state index contributed by atoms with van der Waals surface area (Å²) in [5.41, 5.74) is 0.495. The number of carbonyl (C=O) groups excluding carboxylic acids is 1. The van der Waals surface area contributed by atoms with Gasteiger partial charge in [0, 0.05) is 0 Å². The summed E-state index contributed by atoms with van der Waals surface area (Å²) in [4.78, 5) is 14.7. The summed E-state index contributed by atoms with van der Waals surface area (Å²) in [5, 5.41) is 9.30. The van der Waals surface area contributed by atoms with E-state index in [1.165, 1.54) is 135 Å². The molecule has 1 aromatic carbocycles. The van der Waals surface area contributed by atoms with E-state index in [1.807, 2.05) is 0 Å². The van der Waals surface area contributed by atoms with E-state index in [0.717, 1.165) is 12.8 Å². The first-order valence-electron chi connectivity index (χ1n) is 14.9. The fourth-order valence-electron chi connectivity index (χ4n) is 4.56. The van der Waals surface area contributed by atoms with Crippen molar-refractivity contribution in [1.29, 1.82) is 0 Å². The van der Waals surface area contributed by atoms with Crippen molar-refractivity contribution in [1.82, 2.24) is 4.90 Å². The van der Waals surface area contributed by atoms with Crippen molar-refractivity contribution in [2.24, 2.45) is 0 Å². The van der Waals surface area contributed by atoms with Gasteiger partial charge in [-0.15, -0.1) is 0 Å². The Morgan fingerprint density at radius 1 is 0.629 bits per heavy atom. The third-order valence-corrected chi connectivity index (χ3v) is 6.86. The van der Waals surface area contributed by atoms with Gasteiger partial charge in [0.1, 0.15) is 5.75 Å². The zero-order valence-electron chi connectivity index (χ0n) is 23.1. The zero-order valence-corrected chi connectivity index (χ0v) is 23.1. The number of rotatable bonds is 24. The van der Waals surface area contributed by atoms with Gasteiger partial charge in [0.15, 0.2) is 0 Å². The van der Waals surface area contributed by atoms with Gasteiger partial charge in [-0.2, -0.15) is 0 Å². The van der Waals surface area contributed by atoms with E-state index in [9.17, 15) is 9.90 Å². The van der Waals surface area contributed by atoms with E-state index in [-0.39, 0.29) is 11.7 Å². The van der Waals surface area contributed by atoms with Crippen LogP contribution >= 0.6 is 0 Å². The maximum absolute atomic E-state index is 12.0. The number of nitrogens with zero attached hydrogens (tertiary/aromatic N) is 1. The second-order valence-electron chi connectivity index (χ2n) is 10.2. The maximum atomic E-state index is 12.0. The molecule has 4 heteroatoms. The molecule has 35 heavy (non-hydrogen) atoms. The van der Waals surface area contributed by atoms with Crippen LogP contribution in [0.1, 0.15) is 140 Å². The van der Waals surface area contributed by atoms with Gasteiger partial charge in [0.05, 0.1) is 12.2 Å². The highest BCUT2D eigenvalue weighted by Gasteiger charge is 2.07. The van der Waals surface area contributed by atoms with Gasteiger partial charge in [0.25, 0.3) is 0 Å². The number of unbranched alkanes of at least 4 members (excludes halogenated alkanes) is 15. The Kier molecular flexibility index (Phi) is 20.6. The molecule has 0 spiro atoms. The minimum absolute atomic E-state index is 0.162. The summed E-state index contributed by atoms with van der Waals surface area (Å²) in [6.07, 6.45) is 23.7. The number of hydrogen-bond donors (Lipinski definition) is 1. The average molecular weight is 490 g/mol. The van der Waals surface area contributed by atoms with Crippen LogP contribution in [0.3, 0.4) is 0 Å². The van der Waals surface area contributed by atoms with E-state index in [0.29, 0.717) is 12.2 Å². The Bertz CT molecular complexity index is 586. The van der Waals surface area contributed by atoms with Crippen LogP contribution in [0.4, 0.5) is 0 Å². The van der Waals surface area contributed by atoms with Crippen molar-refractivity contribution in [2.45, 2.75) is 129 Å². The number of esters is 1. The molecule has 0 amide bonds. The summed E-state index contributed by atoms with van der Waals surface area (Å²) in [6, 6.07) is 6.22. The van der Waals surface area contributed by atoms with Crippen LogP contribution in [-0.4, -0.2) is 42.2 Å². The molecule has 4 nitrogen and oxygen atoms in total. The Balaban J connectivity index is 2.09. The first-order valence-corrected chi connectivity index (χ1v) is 14.9. The van der Waals surface area contributed by atoms with Gasteiger partial charge >= 0.3 is 5.97 Å². The standard InChI is InChI=1S/C31H55NO3/c1-3-5-7-9-13-17-25-32(26-18-14-10-8-6-4-2)27-19-15-11-12-16-20-28-35-31(34)29-21-23-30(33)24-22-29/h21-24,33H,3-20,25-28H2,1-2H3. The molecule has 202 valence electrons. The highest BCUT2D eigenvalue weighted by molar-refractivity contribution is 5.89. The fraction of sp³-hybridized carbons (Fsp3) is 0.774. The lowest BCUT2D eigenvalue weighted by Gasteiger charge is -2.22. The van der Waals surface area contributed by atoms with Crippen molar-refractivity contribution in [2.75, 3.05) is 26.2 Å². The minimum Gasteiger partial charge on any atom is -0.508 e. The molecular formula is C31H55NO3. The molecule has 0 radical (unpaired) electrons. The minimum atomic E-state index is -0.305. The third kappa shape index (κ3) is 18.4. The first-order chi connectivity index (χ1) is 17.2. The van der Waals surface area contributed by atoms with Crippen molar-refractivity contribution in [3.05, 3.63) is 29.8 Å². The average Bonchev–Trinajstić information content (AvgIpc) is 2.86. The van der Waals surface area contributed by atoms with Gasteiger partial charge in [0.2, 0.25) is 0 Å². The predicted octanol–water partition coefficient (Wildman–Crippen LogP) is 8.91.